The van der Waals surface area contributed by atoms with Gasteiger partial charge in [-0.25, -0.2) is 4.79 Å². The lowest BCUT2D eigenvalue weighted by Crippen LogP contribution is -2.34. The molecule has 1 aliphatic heterocycles. The number of nitrogens with zero attached hydrogens (tertiary/aromatic N) is 1. The second-order valence-electron chi connectivity index (χ2n) is 6.65. The van der Waals surface area contributed by atoms with Crippen LogP contribution in [0.4, 0.5) is 29.3 Å². The van der Waals surface area contributed by atoms with E-state index >= 15 is 0 Å². The van der Waals surface area contributed by atoms with Gasteiger partial charge in [0.25, 0.3) is 0 Å². The number of rotatable bonds is 5. The Morgan fingerprint density at radius 2 is 1.86 bits per heavy atom. The summed E-state index contributed by atoms with van der Waals surface area (Å²) in [4.78, 5) is 25.9. The molecule has 3 rings (SSSR count). The van der Waals surface area contributed by atoms with Gasteiger partial charge in [-0.05, 0) is 36.4 Å². The third kappa shape index (κ3) is 4.98. The summed E-state index contributed by atoms with van der Waals surface area (Å²) < 4.78 is 44.1. The maximum absolute atomic E-state index is 13.0. The summed E-state index contributed by atoms with van der Waals surface area (Å²) in [6.07, 6.45) is -4.33. The predicted octanol–water partition coefficient (Wildman–Crippen LogP) is 3.89. The molecule has 0 radical (unpaired) electrons. The van der Waals surface area contributed by atoms with Crippen molar-refractivity contribution in [2.45, 2.75) is 12.6 Å². The number of urea groups is 1. The minimum Gasteiger partial charge on any atom is -0.497 e. The van der Waals surface area contributed by atoms with Crippen molar-refractivity contribution < 1.29 is 27.5 Å². The first-order valence-corrected chi connectivity index (χ1v) is 8.93. The van der Waals surface area contributed by atoms with Crippen LogP contribution in [0.25, 0.3) is 0 Å². The quantitative estimate of drug-likeness (QED) is 0.790. The monoisotopic (exact) mass is 407 g/mol. The van der Waals surface area contributed by atoms with Crippen molar-refractivity contribution in [2.75, 3.05) is 30.4 Å². The molecule has 1 saturated heterocycles. The van der Waals surface area contributed by atoms with Gasteiger partial charge in [0.05, 0.1) is 18.4 Å². The Hall–Kier alpha value is -3.23. The van der Waals surface area contributed by atoms with E-state index in [4.69, 9.17) is 4.74 Å². The fourth-order valence-electron chi connectivity index (χ4n) is 3.17. The summed E-state index contributed by atoms with van der Waals surface area (Å²) in [6, 6.07) is 11.0. The first-order chi connectivity index (χ1) is 13.8. The van der Waals surface area contributed by atoms with Crippen molar-refractivity contribution >= 4 is 23.3 Å². The second kappa shape index (κ2) is 8.42. The standard InChI is InChI=1S/C20H20F3N3O3/c1-29-15-8-6-14(7-9-15)26-12-13(10-18(26)27)11-24-19(28)25-17-5-3-2-4-16(17)20(21,22)23/h2-9,13H,10-12H2,1H3,(H2,24,25,28)/t13-/m0/s1. The zero-order chi connectivity index (χ0) is 21.0. The number of methoxy groups -OCH3 is 1. The number of carbonyl (C=O) groups is 2. The fourth-order valence-corrected chi connectivity index (χ4v) is 3.17. The molecule has 0 unspecified atom stereocenters. The molecule has 1 heterocycles. The van der Waals surface area contributed by atoms with Gasteiger partial charge in [-0.3, -0.25) is 4.79 Å². The van der Waals surface area contributed by atoms with Gasteiger partial charge in [0.1, 0.15) is 5.75 Å². The Labute approximate surface area is 165 Å². The van der Waals surface area contributed by atoms with Crippen LogP contribution in [0.5, 0.6) is 5.75 Å². The number of ether oxygens (including phenoxy) is 1. The Bertz CT molecular complexity index is 885. The Balaban J connectivity index is 1.55. The van der Waals surface area contributed by atoms with Crippen LogP contribution in [-0.2, 0) is 11.0 Å². The van der Waals surface area contributed by atoms with Gasteiger partial charge in [-0.1, -0.05) is 12.1 Å². The Morgan fingerprint density at radius 3 is 2.52 bits per heavy atom. The van der Waals surface area contributed by atoms with Gasteiger partial charge >= 0.3 is 12.2 Å². The number of benzene rings is 2. The predicted molar refractivity (Wildman–Crippen MR) is 102 cm³/mol. The van der Waals surface area contributed by atoms with Gasteiger partial charge < -0.3 is 20.3 Å². The number of para-hydroxylation sites is 1. The number of alkyl halides is 3. The second-order valence-corrected chi connectivity index (χ2v) is 6.65. The summed E-state index contributed by atoms with van der Waals surface area (Å²) in [7, 11) is 1.55. The van der Waals surface area contributed by atoms with Crippen LogP contribution < -0.4 is 20.3 Å². The maximum atomic E-state index is 13.0. The molecular weight excluding hydrogens is 387 g/mol. The summed E-state index contributed by atoms with van der Waals surface area (Å²) in [5.74, 6) is 0.451. The molecule has 9 heteroatoms. The highest BCUT2D eigenvalue weighted by molar-refractivity contribution is 5.96. The molecule has 2 aromatic rings. The molecule has 0 aromatic heterocycles. The number of hydrogen-bond acceptors (Lipinski definition) is 3. The van der Waals surface area contributed by atoms with E-state index < -0.39 is 17.8 Å². The minimum absolute atomic E-state index is 0.0789. The number of anilines is 2. The van der Waals surface area contributed by atoms with Gasteiger partial charge in [0.2, 0.25) is 5.91 Å². The van der Waals surface area contributed by atoms with Crippen LogP contribution in [0.3, 0.4) is 0 Å². The molecule has 3 amide bonds. The van der Waals surface area contributed by atoms with Crippen LogP contribution in [0.1, 0.15) is 12.0 Å². The van der Waals surface area contributed by atoms with E-state index in [1.54, 1.807) is 36.3 Å². The first-order valence-electron chi connectivity index (χ1n) is 8.93. The topological polar surface area (TPSA) is 70.7 Å². The number of halogens is 3. The van der Waals surface area contributed by atoms with E-state index in [0.717, 1.165) is 11.8 Å². The molecule has 1 atom stereocenters. The van der Waals surface area contributed by atoms with Crippen LogP contribution >= 0.6 is 0 Å². The number of nitrogens with one attached hydrogen (secondary N) is 2. The van der Waals surface area contributed by atoms with Gasteiger partial charge in [0.15, 0.2) is 0 Å². The van der Waals surface area contributed by atoms with Crippen molar-refractivity contribution in [3.8, 4) is 5.75 Å². The van der Waals surface area contributed by atoms with Crippen LogP contribution in [0.2, 0.25) is 0 Å². The number of hydrogen-bond donors (Lipinski definition) is 2. The Kier molecular flexibility index (Phi) is 5.95. The van der Waals surface area contributed by atoms with Gasteiger partial charge in [-0.2, -0.15) is 13.2 Å². The maximum Gasteiger partial charge on any atom is 0.418 e. The summed E-state index contributed by atoms with van der Waals surface area (Å²) in [5.41, 5.74) is -0.515. The van der Waals surface area contributed by atoms with Crippen molar-refractivity contribution in [2.24, 2.45) is 5.92 Å². The van der Waals surface area contributed by atoms with Gasteiger partial charge in [-0.15, -0.1) is 0 Å². The zero-order valence-corrected chi connectivity index (χ0v) is 15.6. The van der Waals surface area contributed by atoms with E-state index in [0.29, 0.717) is 12.3 Å². The molecule has 2 N–H and O–H groups in total. The van der Waals surface area contributed by atoms with E-state index in [2.05, 4.69) is 10.6 Å². The van der Waals surface area contributed by atoms with Crippen molar-refractivity contribution in [3.63, 3.8) is 0 Å². The SMILES string of the molecule is COc1ccc(N2C[C@H](CNC(=O)Nc3ccccc3C(F)(F)F)CC2=O)cc1. The van der Waals surface area contributed by atoms with E-state index in [1.165, 1.54) is 18.2 Å². The van der Waals surface area contributed by atoms with Crippen molar-refractivity contribution in [1.82, 2.24) is 5.32 Å². The van der Waals surface area contributed by atoms with Crippen LogP contribution in [0.15, 0.2) is 48.5 Å². The summed E-state index contributed by atoms with van der Waals surface area (Å²) in [6.45, 7) is 0.572. The average Bonchev–Trinajstić information content (AvgIpc) is 3.07. The lowest BCUT2D eigenvalue weighted by molar-refractivity contribution is -0.136. The number of amides is 3. The first kappa shape index (κ1) is 20.5. The van der Waals surface area contributed by atoms with Crippen LogP contribution in [-0.4, -0.2) is 32.1 Å². The molecule has 0 bridgehead atoms. The molecule has 0 saturated carbocycles. The molecule has 1 aliphatic rings. The third-order valence-electron chi connectivity index (χ3n) is 4.62. The largest absolute Gasteiger partial charge is 0.497 e. The molecule has 154 valence electrons. The lowest BCUT2D eigenvalue weighted by Gasteiger charge is -2.18. The van der Waals surface area contributed by atoms with Crippen molar-refractivity contribution in [1.29, 1.82) is 0 Å². The van der Waals surface area contributed by atoms with E-state index in [9.17, 15) is 22.8 Å². The highest BCUT2D eigenvalue weighted by Crippen LogP contribution is 2.34. The normalized spacial score (nSPS) is 16.6. The molecular formula is C20H20F3N3O3. The molecule has 0 aliphatic carbocycles. The lowest BCUT2D eigenvalue weighted by atomic mass is 10.1. The molecule has 6 nitrogen and oxygen atoms in total. The smallest absolute Gasteiger partial charge is 0.418 e. The Morgan fingerprint density at radius 1 is 1.17 bits per heavy atom. The summed E-state index contributed by atoms with van der Waals surface area (Å²) in [5, 5.41) is 4.77. The third-order valence-corrected chi connectivity index (χ3v) is 4.62. The zero-order valence-electron chi connectivity index (χ0n) is 15.6. The van der Waals surface area contributed by atoms with E-state index in [1.807, 2.05) is 0 Å². The minimum atomic E-state index is -4.57. The summed E-state index contributed by atoms with van der Waals surface area (Å²) >= 11 is 0. The molecule has 2 aromatic carbocycles. The molecule has 29 heavy (non-hydrogen) atoms. The molecule has 1 fully saturated rings. The van der Waals surface area contributed by atoms with Crippen molar-refractivity contribution in [3.05, 3.63) is 54.1 Å². The highest BCUT2D eigenvalue weighted by atomic mass is 19.4. The molecule has 0 spiro atoms. The highest BCUT2D eigenvalue weighted by Gasteiger charge is 2.34. The average molecular weight is 407 g/mol. The van der Waals surface area contributed by atoms with E-state index in [-0.39, 0.29) is 30.5 Å². The van der Waals surface area contributed by atoms with Gasteiger partial charge in [0, 0.05) is 31.1 Å². The number of carbonyl (C=O) groups excluding carboxylic acids is 2. The van der Waals surface area contributed by atoms with Crippen LogP contribution in [0, 0.1) is 5.92 Å². The fraction of sp³-hybridized carbons (Fsp3) is 0.300.